The molecule has 0 bridgehead atoms. The summed E-state index contributed by atoms with van der Waals surface area (Å²) in [5.41, 5.74) is 13.5. The minimum absolute atomic E-state index is 0.0638. The highest BCUT2D eigenvalue weighted by Crippen LogP contribution is 2.50. The van der Waals surface area contributed by atoms with Crippen molar-refractivity contribution in [3.05, 3.63) is 199 Å². The van der Waals surface area contributed by atoms with E-state index in [4.69, 9.17) is 0 Å². The molecule has 0 saturated carbocycles. The fraction of sp³-hybridized carbons (Fsp3) is 0.143. The van der Waals surface area contributed by atoms with Crippen molar-refractivity contribution in [2.75, 3.05) is 4.90 Å². The number of hydrogen-bond acceptors (Lipinski definition) is 1. The van der Waals surface area contributed by atoms with E-state index in [1.165, 1.54) is 76.8 Å². The molecule has 0 fully saturated rings. The molecular formula is C56H49N. The average molecular weight is 736 g/mol. The van der Waals surface area contributed by atoms with Gasteiger partial charge in [-0.2, -0.15) is 0 Å². The Morgan fingerprint density at radius 1 is 0.316 bits per heavy atom. The summed E-state index contributed by atoms with van der Waals surface area (Å²) in [5.74, 6) is 0. The van der Waals surface area contributed by atoms with Crippen molar-refractivity contribution in [1.29, 1.82) is 0 Å². The zero-order valence-corrected chi connectivity index (χ0v) is 33.8. The predicted molar refractivity (Wildman–Crippen MR) is 247 cm³/mol. The fourth-order valence-corrected chi connectivity index (χ4v) is 8.54. The summed E-state index contributed by atoms with van der Waals surface area (Å²) in [6.07, 6.45) is 0. The van der Waals surface area contributed by atoms with E-state index in [1.807, 2.05) is 0 Å². The van der Waals surface area contributed by atoms with E-state index in [1.54, 1.807) is 0 Å². The summed E-state index contributed by atoms with van der Waals surface area (Å²) in [7, 11) is 0. The van der Waals surface area contributed by atoms with Crippen LogP contribution in [-0.4, -0.2) is 0 Å². The minimum Gasteiger partial charge on any atom is -0.310 e. The first-order valence-corrected chi connectivity index (χ1v) is 20.2. The number of nitrogens with zero attached hydrogens (tertiary/aromatic N) is 1. The Kier molecular flexibility index (Phi) is 9.05. The molecule has 278 valence electrons. The molecule has 0 unspecified atom stereocenters. The van der Waals surface area contributed by atoms with Gasteiger partial charge in [-0.3, -0.25) is 0 Å². The van der Waals surface area contributed by atoms with Gasteiger partial charge in [-0.05, 0) is 130 Å². The highest BCUT2D eigenvalue weighted by atomic mass is 15.1. The summed E-state index contributed by atoms with van der Waals surface area (Å²) in [6, 6.07) is 69.7. The molecule has 0 saturated heterocycles. The van der Waals surface area contributed by atoms with Crippen LogP contribution in [0, 0.1) is 0 Å². The molecule has 0 radical (unpaired) electrons. The topological polar surface area (TPSA) is 3.24 Å². The van der Waals surface area contributed by atoms with Gasteiger partial charge in [-0.25, -0.2) is 0 Å². The van der Waals surface area contributed by atoms with Gasteiger partial charge in [0, 0.05) is 17.1 Å². The molecule has 9 aromatic carbocycles. The number of hydrogen-bond donors (Lipinski definition) is 0. The molecule has 0 atom stereocenters. The summed E-state index contributed by atoms with van der Waals surface area (Å²) in [6.45, 7) is 13.7. The van der Waals surface area contributed by atoms with Crippen LogP contribution in [0.2, 0.25) is 0 Å². The molecule has 0 aliphatic rings. The van der Waals surface area contributed by atoms with E-state index in [9.17, 15) is 0 Å². The highest BCUT2D eigenvalue weighted by Gasteiger charge is 2.24. The van der Waals surface area contributed by atoms with E-state index in [2.05, 4.69) is 234 Å². The van der Waals surface area contributed by atoms with Crippen LogP contribution < -0.4 is 4.90 Å². The van der Waals surface area contributed by atoms with Gasteiger partial charge in [0.2, 0.25) is 0 Å². The third-order valence-electron chi connectivity index (χ3n) is 11.6. The molecule has 0 aromatic heterocycles. The Balaban J connectivity index is 1.40. The lowest BCUT2D eigenvalue weighted by Crippen LogP contribution is -2.14. The quantitative estimate of drug-likeness (QED) is 0.154. The Bertz CT molecular complexity index is 2800. The maximum atomic E-state index is 2.44. The van der Waals surface area contributed by atoms with E-state index in [0.29, 0.717) is 0 Å². The van der Waals surface area contributed by atoms with Gasteiger partial charge < -0.3 is 4.90 Å². The Morgan fingerprint density at radius 2 is 0.737 bits per heavy atom. The molecule has 1 nitrogen and oxygen atoms in total. The molecular weight excluding hydrogens is 687 g/mol. The van der Waals surface area contributed by atoms with Crippen molar-refractivity contribution in [1.82, 2.24) is 0 Å². The lowest BCUT2D eigenvalue weighted by molar-refractivity contribution is 0.590. The standard InChI is InChI=1S/C56H49N/c1-55(2,3)41-26-30-43(31-27-41)57(44-32-28-42(29-33-44)56(4,5)6)45-34-35-48-51(36-45)46-24-16-17-25-47(46)53-50(39-20-12-8-13-21-39)37-49(38-18-10-7-11-19-38)52(54(48)53)40-22-14-9-15-23-40/h7-37H,1-6H3. The lowest BCUT2D eigenvalue weighted by Gasteiger charge is -2.29. The van der Waals surface area contributed by atoms with Crippen LogP contribution in [0.25, 0.3) is 65.7 Å². The maximum Gasteiger partial charge on any atom is 0.0468 e. The summed E-state index contributed by atoms with van der Waals surface area (Å²) >= 11 is 0. The van der Waals surface area contributed by atoms with Crippen molar-refractivity contribution >= 4 is 49.4 Å². The van der Waals surface area contributed by atoms with Gasteiger partial charge in [0.15, 0.2) is 0 Å². The molecule has 0 amide bonds. The fourth-order valence-electron chi connectivity index (χ4n) is 8.54. The van der Waals surface area contributed by atoms with Gasteiger partial charge in [-0.15, -0.1) is 0 Å². The third kappa shape index (κ3) is 6.68. The highest BCUT2D eigenvalue weighted by molar-refractivity contribution is 6.33. The van der Waals surface area contributed by atoms with Gasteiger partial charge in [-0.1, -0.05) is 187 Å². The summed E-state index contributed by atoms with van der Waals surface area (Å²) in [5, 5.41) is 7.53. The second-order valence-corrected chi connectivity index (χ2v) is 17.4. The molecule has 57 heavy (non-hydrogen) atoms. The molecule has 0 heterocycles. The first-order chi connectivity index (χ1) is 27.6. The largest absolute Gasteiger partial charge is 0.310 e. The Morgan fingerprint density at radius 3 is 1.25 bits per heavy atom. The molecule has 0 spiro atoms. The molecule has 0 N–H and O–H groups in total. The first-order valence-electron chi connectivity index (χ1n) is 20.2. The van der Waals surface area contributed by atoms with Crippen LogP contribution in [0.3, 0.4) is 0 Å². The zero-order chi connectivity index (χ0) is 39.3. The van der Waals surface area contributed by atoms with Crippen molar-refractivity contribution < 1.29 is 0 Å². The number of fused-ring (bicyclic) bond motifs is 6. The Labute approximate surface area is 337 Å². The second kappa shape index (κ2) is 14.3. The Hall–Kier alpha value is -6.44. The van der Waals surface area contributed by atoms with Gasteiger partial charge in [0.25, 0.3) is 0 Å². The number of benzene rings is 9. The molecule has 9 rings (SSSR count). The van der Waals surface area contributed by atoms with Crippen LogP contribution in [0.4, 0.5) is 17.1 Å². The van der Waals surface area contributed by atoms with E-state index in [-0.39, 0.29) is 10.8 Å². The van der Waals surface area contributed by atoms with Crippen molar-refractivity contribution in [3.63, 3.8) is 0 Å². The van der Waals surface area contributed by atoms with E-state index in [0.717, 1.165) is 17.1 Å². The maximum absolute atomic E-state index is 2.44. The van der Waals surface area contributed by atoms with Gasteiger partial charge in [0.1, 0.15) is 0 Å². The normalized spacial score (nSPS) is 12.0. The van der Waals surface area contributed by atoms with E-state index >= 15 is 0 Å². The molecule has 0 aliphatic carbocycles. The third-order valence-corrected chi connectivity index (χ3v) is 11.6. The predicted octanol–water partition coefficient (Wildman–Crippen LogP) is 16.2. The smallest absolute Gasteiger partial charge is 0.0468 e. The van der Waals surface area contributed by atoms with Crippen LogP contribution in [0.15, 0.2) is 188 Å². The minimum atomic E-state index is 0.0638. The summed E-state index contributed by atoms with van der Waals surface area (Å²) in [4.78, 5) is 2.42. The average Bonchev–Trinajstić information content (AvgIpc) is 3.24. The summed E-state index contributed by atoms with van der Waals surface area (Å²) < 4.78 is 0. The van der Waals surface area contributed by atoms with E-state index < -0.39 is 0 Å². The number of rotatable bonds is 6. The van der Waals surface area contributed by atoms with Crippen molar-refractivity contribution in [2.24, 2.45) is 0 Å². The lowest BCUT2D eigenvalue weighted by atomic mass is 9.81. The van der Waals surface area contributed by atoms with Gasteiger partial charge >= 0.3 is 0 Å². The van der Waals surface area contributed by atoms with Crippen molar-refractivity contribution in [2.45, 2.75) is 52.4 Å². The van der Waals surface area contributed by atoms with Crippen LogP contribution in [-0.2, 0) is 10.8 Å². The SMILES string of the molecule is CC(C)(C)c1ccc(N(c2ccc(C(C)(C)C)cc2)c2ccc3c(c2)c2ccccc2c2c(-c4ccccc4)cc(-c4ccccc4)c(-c4ccccc4)c32)cc1. The van der Waals surface area contributed by atoms with Crippen LogP contribution in [0.1, 0.15) is 52.7 Å². The van der Waals surface area contributed by atoms with Crippen LogP contribution >= 0.6 is 0 Å². The number of anilines is 3. The van der Waals surface area contributed by atoms with Crippen LogP contribution in [0.5, 0.6) is 0 Å². The molecule has 0 aliphatic heterocycles. The van der Waals surface area contributed by atoms with Gasteiger partial charge in [0.05, 0.1) is 0 Å². The van der Waals surface area contributed by atoms with Crippen molar-refractivity contribution in [3.8, 4) is 33.4 Å². The first kappa shape index (κ1) is 36.2. The zero-order valence-electron chi connectivity index (χ0n) is 33.8. The second-order valence-electron chi connectivity index (χ2n) is 17.4. The monoisotopic (exact) mass is 735 g/mol. The molecule has 9 aromatic rings. The molecule has 1 heteroatoms.